The van der Waals surface area contributed by atoms with Crippen LogP contribution < -0.4 is 19.5 Å². The number of amides is 1. The van der Waals surface area contributed by atoms with Crippen LogP contribution in [0.15, 0.2) is 70.9 Å². The second-order valence-corrected chi connectivity index (χ2v) is 7.16. The van der Waals surface area contributed by atoms with Crippen LogP contribution in [0.1, 0.15) is 23.3 Å². The summed E-state index contributed by atoms with van der Waals surface area (Å²) in [6, 6.07) is 17.6. The molecule has 2 aromatic carbocycles. The van der Waals surface area contributed by atoms with Gasteiger partial charge in [0.05, 0.1) is 27.0 Å². The first kappa shape index (κ1) is 24.1. The van der Waals surface area contributed by atoms with Crippen molar-refractivity contribution in [1.82, 2.24) is 5.32 Å². The summed E-state index contributed by atoms with van der Waals surface area (Å²) in [4.78, 5) is 24.6. The molecule has 34 heavy (non-hydrogen) atoms. The number of esters is 1. The number of methoxy groups -OCH3 is 2. The van der Waals surface area contributed by atoms with Crippen molar-refractivity contribution < 1.29 is 28.2 Å². The monoisotopic (exact) mass is 460 g/mol. The summed E-state index contributed by atoms with van der Waals surface area (Å²) in [6.07, 6.45) is 3.63. The highest BCUT2D eigenvalue weighted by molar-refractivity contribution is 6.01. The summed E-state index contributed by atoms with van der Waals surface area (Å²) in [6.45, 7) is 0.166. The molecule has 0 aliphatic carbocycles. The largest absolute Gasteiger partial charge is 0.497 e. The lowest BCUT2D eigenvalue weighted by Gasteiger charge is -2.10. The van der Waals surface area contributed by atoms with Gasteiger partial charge in [-0.1, -0.05) is 18.2 Å². The van der Waals surface area contributed by atoms with E-state index in [-0.39, 0.29) is 24.3 Å². The predicted molar refractivity (Wildman–Crippen MR) is 124 cm³/mol. The van der Waals surface area contributed by atoms with Crippen LogP contribution in [0.2, 0.25) is 0 Å². The molecule has 8 nitrogen and oxygen atoms in total. The van der Waals surface area contributed by atoms with E-state index in [4.69, 9.17) is 18.6 Å². The summed E-state index contributed by atoms with van der Waals surface area (Å²) in [5.41, 5.74) is 1.44. The molecule has 0 radical (unpaired) electrons. The molecule has 3 rings (SSSR count). The van der Waals surface area contributed by atoms with Gasteiger partial charge in [0.25, 0.3) is 5.91 Å². The lowest BCUT2D eigenvalue weighted by Crippen LogP contribution is -2.23. The van der Waals surface area contributed by atoms with E-state index in [1.54, 1.807) is 37.4 Å². The molecule has 1 N–H and O–H groups in total. The van der Waals surface area contributed by atoms with E-state index < -0.39 is 11.9 Å². The molecule has 174 valence electrons. The Balaban J connectivity index is 1.62. The van der Waals surface area contributed by atoms with Crippen molar-refractivity contribution >= 4 is 18.0 Å². The number of hydrogen-bond donors (Lipinski definition) is 1. The number of benzene rings is 2. The summed E-state index contributed by atoms with van der Waals surface area (Å²) in [7, 11) is 3.04. The van der Waals surface area contributed by atoms with Gasteiger partial charge in [-0.3, -0.25) is 9.59 Å². The molecule has 0 aliphatic rings. The van der Waals surface area contributed by atoms with Gasteiger partial charge in [-0.2, -0.15) is 5.26 Å². The number of aryl methyl sites for hydroxylation is 1. The second-order valence-electron chi connectivity index (χ2n) is 7.16. The number of nitrogens with one attached hydrogen (secondary N) is 1. The normalized spacial score (nSPS) is 10.8. The van der Waals surface area contributed by atoms with Crippen LogP contribution in [0, 0.1) is 11.3 Å². The quantitative estimate of drug-likeness (QED) is 0.210. The van der Waals surface area contributed by atoms with Gasteiger partial charge >= 0.3 is 5.97 Å². The minimum atomic E-state index is -0.535. The van der Waals surface area contributed by atoms with Gasteiger partial charge in [-0.25, -0.2) is 0 Å². The van der Waals surface area contributed by atoms with E-state index >= 15 is 0 Å². The lowest BCUT2D eigenvalue weighted by atomic mass is 10.1. The van der Waals surface area contributed by atoms with Crippen molar-refractivity contribution in [2.24, 2.45) is 0 Å². The third kappa shape index (κ3) is 6.74. The number of nitrogens with zero attached hydrogens (tertiary/aromatic N) is 1. The van der Waals surface area contributed by atoms with E-state index in [1.165, 1.54) is 19.4 Å². The maximum absolute atomic E-state index is 12.3. The fraction of sp³-hybridized carbons (Fsp3) is 0.192. The number of hydrogen-bond acceptors (Lipinski definition) is 7. The summed E-state index contributed by atoms with van der Waals surface area (Å²) >= 11 is 0. The maximum atomic E-state index is 12.3. The molecular formula is C26H24N2O6. The molecule has 1 aromatic heterocycles. The summed E-state index contributed by atoms with van der Waals surface area (Å²) in [5, 5.41) is 12.0. The predicted octanol–water partition coefficient (Wildman–Crippen LogP) is 4.06. The third-order valence-electron chi connectivity index (χ3n) is 4.87. The fourth-order valence-electron chi connectivity index (χ4n) is 3.06. The highest BCUT2D eigenvalue weighted by Crippen LogP contribution is 2.29. The van der Waals surface area contributed by atoms with Crippen LogP contribution >= 0.6 is 0 Å². The van der Waals surface area contributed by atoms with Gasteiger partial charge in [0.15, 0.2) is 11.5 Å². The zero-order valence-electron chi connectivity index (χ0n) is 18.9. The van der Waals surface area contributed by atoms with Crippen LogP contribution in [0.25, 0.3) is 6.08 Å². The number of furan rings is 1. The SMILES string of the molecule is COc1ccc(CCC(=O)Oc2ccc(/C=C(\C#N)C(=O)NCc3ccco3)cc2OC)cc1. The lowest BCUT2D eigenvalue weighted by molar-refractivity contribution is -0.134. The molecule has 0 unspecified atom stereocenters. The minimum Gasteiger partial charge on any atom is -0.497 e. The second kappa shape index (κ2) is 11.9. The number of carbonyl (C=O) groups excluding carboxylic acids is 2. The van der Waals surface area contributed by atoms with E-state index in [2.05, 4.69) is 5.32 Å². The molecule has 1 heterocycles. The average molecular weight is 460 g/mol. The number of rotatable bonds is 10. The van der Waals surface area contributed by atoms with Gasteiger partial charge in [-0.05, 0) is 60.0 Å². The van der Waals surface area contributed by atoms with Crippen molar-refractivity contribution in [3.63, 3.8) is 0 Å². The molecular weight excluding hydrogens is 436 g/mol. The number of nitriles is 1. The highest BCUT2D eigenvalue weighted by atomic mass is 16.6. The Morgan fingerprint density at radius 1 is 1.06 bits per heavy atom. The molecule has 3 aromatic rings. The van der Waals surface area contributed by atoms with Gasteiger partial charge in [0.2, 0.25) is 0 Å². The van der Waals surface area contributed by atoms with Crippen molar-refractivity contribution in [3.05, 3.63) is 83.3 Å². The Morgan fingerprint density at radius 2 is 1.85 bits per heavy atom. The van der Waals surface area contributed by atoms with Gasteiger partial charge in [-0.15, -0.1) is 0 Å². The molecule has 0 atom stereocenters. The van der Waals surface area contributed by atoms with Crippen LogP contribution in [-0.2, 0) is 22.6 Å². The van der Waals surface area contributed by atoms with Gasteiger partial charge < -0.3 is 23.9 Å². The van der Waals surface area contributed by atoms with Crippen molar-refractivity contribution in [1.29, 1.82) is 5.26 Å². The van der Waals surface area contributed by atoms with Crippen LogP contribution in [0.3, 0.4) is 0 Å². The first-order valence-corrected chi connectivity index (χ1v) is 10.5. The zero-order chi connectivity index (χ0) is 24.3. The topological polar surface area (TPSA) is 111 Å². The Morgan fingerprint density at radius 3 is 2.50 bits per heavy atom. The van der Waals surface area contributed by atoms with Crippen molar-refractivity contribution in [2.75, 3.05) is 14.2 Å². The molecule has 0 saturated heterocycles. The molecule has 0 bridgehead atoms. The maximum Gasteiger partial charge on any atom is 0.311 e. The standard InChI is InChI=1S/C26H24N2O6/c1-31-21-9-5-18(6-10-21)8-12-25(29)34-23-11-7-19(15-24(23)32-2)14-20(16-27)26(30)28-17-22-4-3-13-33-22/h3-7,9-11,13-15H,8,12,17H2,1-2H3,(H,28,30)/b20-14+. The molecule has 0 saturated carbocycles. The molecule has 0 aliphatic heterocycles. The van der Waals surface area contributed by atoms with Crippen molar-refractivity contribution in [2.45, 2.75) is 19.4 Å². The van der Waals surface area contributed by atoms with Crippen LogP contribution in [0.4, 0.5) is 0 Å². The average Bonchev–Trinajstić information content (AvgIpc) is 3.39. The highest BCUT2D eigenvalue weighted by Gasteiger charge is 2.13. The third-order valence-corrected chi connectivity index (χ3v) is 4.87. The first-order chi connectivity index (χ1) is 16.5. The minimum absolute atomic E-state index is 0.0853. The Hall–Kier alpha value is -4.51. The molecule has 0 spiro atoms. The van der Waals surface area contributed by atoms with Gasteiger partial charge in [0, 0.05) is 6.42 Å². The van der Waals surface area contributed by atoms with E-state index in [9.17, 15) is 14.9 Å². The summed E-state index contributed by atoms with van der Waals surface area (Å²) in [5.74, 6) is 0.935. The number of carbonyl (C=O) groups is 2. The van der Waals surface area contributed by atoms with Crippen molar-refractivity contribution in [3.8, 4) is 23.3 Å². The van der Waals surface area contributed by atoms with E-state index in [0.29, 0.717) is 23.5 Å². The van der Waals surface area contributed by atoms with Gasteiger partial charge in [0.1, 0.15) is 23.2 Å². The van der Waals surface area contributed by atoms with E-state index in [0.717, 1.165) is 11.3 Å². The first-order valence-electron chi connectivity index (χ1n) is 10.5. The molecule has 8 heteroatoms. The Kier molecular flexibility index (Phi) is 8.47. The molecule has 1 amide bonds. The molecule has 0 fully saturated rings. The van der Waals surface area contributed by atoms with E-state index in [1.807, 2.05) is 30.3 Å². The Labute approximate surface area is 197 Å². The Bertz CT molecular complexity index is 1190. The van der Waals surface area contributed by atoms with Crippen LogP contribution in [0.5, 0.6) is 17.2 Å². The number of ether oxygens (including phenoxy) is 3. The fourth-order valence-corrected chi connectivity index (χ4v) is 3.06. The van der Waals surface area contributed by atoms with Crippen LogP contribution in [-0.4, -0.2) is 26.1 Å². The summed E-state index contributed by atoms with van der Waals surface area (Å²) < 4.78 is 21.1. The smallest absolute Gasteiger partial charge is 0.311 e. The zero-order valence-corrected chi connectivity index (χ0v) is 18.9.